The Kier molecular flexibility index (Phi) is 4.85. The topological polar surface area (TPSA) is 133 Å². The number of hydrogen-bond acceptors (Lipinski definition) is 9. The second kappa shape index (κ2) is 7.40. The highest BCUT2D eigenvalue weighted by atomic mass is 32.1. The number of aromatic nitrogens is 3. The lowest BCUT2D eigenvalue weighted by molar-refractivity contribution is -0.385. The Morgan fingerprint density at radius 1 is 1.52 bits per heavy atom. The van der Waals surface area contributed by atoms with Gasteiger partial charge in [-0.05, 0) is 17.7 Å². The van der Waals surface area contributed by atoms with Crippen LogP contribution in [0, 0.1) is 10.1 Å². The van der Waals surface area contributed by atoms with Crippen molar-refractivity contribution in [2.75, 3.05) is 11.2 Å². The van der Waals surface area contributed by atoms with Gasteiger partial charge in [-0.2, -0.15) is 10.2 Å². The molecule has 128 valence electrons. The number of nitrogens with one attached hydrogen (secondary N) is 1. The van der Waals surface area contributed by atoms with Gasteiger partial charge >= 0.3 is 5.69 Å². The van der Waals surface area contributed by atoms with Crippen LogP contribution in [0.3, 0.4) is 0 Å². The summed E-state index contributed by atoms with van der Waals surface area (Å²) in [4.78, 5) is 14.1. The van der Waals surface area contributed by atoms with Crippen molar-refractivity contribution >= 4 is 34.2 Å². The SMILES string of the molecule is Nc1csc(NN=Cc2cccc(OCn3cc([N+](=O)[O-])cn3)c2)n1. The first-order valence-electron chi connectivity index (χ1n) is 7.00. The molecule has 2 aromatic heterocycles. The fourth-order valence-electron chi connectivity index (χ4n) is 1.84. The van der Waals surface area contributed by atoms with Gasteiger partial charge in [0, 0.05) is 5.38 Å². The number of benzene rings is 1. The van der Waals surface area contributed by atoms with E-state index in [1.165, 1.54) is 28.4 Å². The average molecular weight is 359 g/mol. The number of nitrogens with zero attached hydrogens (tertiary/aromatic N) is 5. The highest BCUT2D eigenvalue weighted by Gasteiger charge is 2.08. The highest BCUT2D eigenvalue weighted by molar-refractivity contribution is 7.14. The fraction of sp³-hybridized carbons (Fsp3) is 0.0714. The van der Waals surface area contributed by atoms with Gasteiger partial charge in [0.15, 0.2) is 6.73 Å². The first-order chi connectivity index (χ1) is 12.1. The lowest BCUT2D eigenvalue weighted by Gasteiger charge is -2.06. The van der Waals surface area contributed by atoms with E-state index in [4.69, 9.17) is 10.5 Å². The van der Waals surface area contributed by atoms with Crippen molar-refractivity contribution in [3.8, 4) is 5.75 Å². The van der Waals surface area contributed by atoms with Crippen LogP contribution in [0.4, 0.5) is 16.6 Å². The summed E-state index contributed by atoms with van der Waals surface area (Å²) in [5, 5.41) is 20.9. The van der Waals surface area contributed by atoms with Crippen molar-refractivity contribution in [2.24, 2.45) is 5.10 Å². The van der Waals surface area contributed by atoms with Crippen molar-refractivity contribution in [1.29, 1.82) is 0 Å². The van der Waals surface area contributed by atoms with E-state index < -0.39 is 4.92 Å². The van der Waals surface area contributed by atoms with E-state index in [-0.39, 0.29) is 12.4 Å². The van der Waals surface area contributed by atoms with E-state index >= 15 is 0 Å². The standard InChI is InChI=1S/C14H13N7O3S/c15-13-8-25-14(18-13)19-16-5-10-2-1-3-12(4-10)24-9-20-7-11(6-17-20)21(22)23/h1-8H,9,15H2,(H,18,19). The Balaban J connectivity index is 1.57. The second-order valence-corrected chi connectivity index (χ2v) is 5.65. The van der Waals surface area contributed by atoms with E-state index in [1.807, 2.05) is 12.1 Å². The number of hydrogen-bond donors (Lipinski definition) is 2. The number of ether oxygens (including phenoxy) is 1. The van der Waals surface area contributed by atoms with Crippen LogP contribution in [0.15, 0.2) is 47.1 Å². The molecule has 0 saturated heterocycles. The van der Waals surface area contributed by atoms with Gasteiger partial charge in [0.2, 0.25) is 5.13 Å². The number of hydrazone groups is 1. The third-order valence-electron chi connectivity index (χ3n) is 2.95. The molecule has 0 unspecified atom stereocenters. The van der Waals surface area contributed by atoms with Crippen LogP contribution in [-0.2, 0) is 6.73 Å². The van der Waals surface area contributed by atoms with Crippen molar-refractivity contribution in [3.63, 3.8) is 0 Å². The summed E-state index contributed by atoms with van der Waals surface area (Å²) in [6, 6.07) is 7.21. The quantitative estimate of drug-likeness (QED) is 0.375. The minimum atomic E-state index is -0.510. The molecule has 1 aromatic carbocycles. The van der Waals surface area contributed by atoms with Gasteiger partial charge in [0.25, 0.3) is 0 Å². The van der Waals surface area contributed by atoms with Crippen molar-refractivity contribution in [3.05, 3.63) is 57.7 Å². The smallest absolute Gasteiger partial charge is 0.307 e. The third kappa shape index (κ3) is 4.51. The maximum Gasteiger partial charge on any atom is 0.307 e. The average Bonchev–Trinajstić information content (AvgIpc) is 3.23. The van der Waals surface area contributed by atoms with E-state index in [1.54, 1.807) is 23.7 Å². The molecule has 0 radical (unpaired) electrons. The van der Waals surface area contributed by atoms with Gasteiger partial charge in [-0.25, -0.2) is 9.67 Å². The molecule has 0 bridgehead atoms. The molecule has 3 N–H and O–H groups in total. The number of rotatable bonds is 7. The number of nitrogens with two attached hydrogens (primary N) is 1. The predicted molar refractivity (Wildman–Crippen MR) is 93.7 cm³/mol. The van der Waals surface area contributed by atoms with Crippen LogP contribution in [0.2, 0.25) is 0 Å². The van der Waals surface area contributed by atoms with E-state index in [2.05, 4.69) is 20.6 Å². The minimum absolute atomic E-state index is 0.0606. The van der Waals surface area contributed by atoms with Crippen molar-refractivity contribution < 1.29 is 9.66 Å². The Bertz CT molecular complexity index is 905. The van der Waals surface area contributed by atoms with Gasteiger partial charge in [-0.1, -0.05) is 12.1 Å². The third-order valence-corrected chi connectivity index (χ3v) is 3.71. The Morgan fingerprint density at radius 3 is 3.12 bits per heavy atom. The van der Waals surface area contributed by atoms with Crippen LogP contribution in [-0.4, -0.2) is 25.9 Å². The largest absolute Gasteiger partial charge is 0.471 e. The lowest BCUT2D eigenvalue weighted by atomic mass is 10.2. The molecule has 0 aliphatic rings. The maximum atomic E-state index is 10.6. The number of anilines is 2. The molecule has 0 spiro atoms. The van der Waals surface area contributed by atoms with Gasteiger partial charge in [0.05, 0.1) is 11.1 Å². The first kappa shape index (κ1) is 16.4. The molecule has 25 heavy (non-hydrogen) atoms. The summed E-state index contributed by atoms with van der Waals surface area (Å²) >= 11 is 1.35. The molecule has 2 heterocycles. The van der Waals surface area contributed by atoms with Crippen LogP contribution >= 0.6 is 11.3 Å². The van der Waals surface area contributed by atoms with Crippen LogP contribution < -0.4 is 15.9 Å². The Labute approximate surface area is 145 Å². The van der Waals surface area contributed by atoms with Crippen molar-refractivity contribution in [1.82, 2.24) is 14.8 Å². The minimum Gasteiger partial charge on any atom is -0.471 e. The Morgan fingerprint density at radius 2 is 2.40 bits per heavy atom. The summed E-state index contributed by atoms with van der Waals surface area (Å²) in [6.45, 7) is 0.0606. The molecule has 3 aromatic rings. The number of thiazole rings is 1. The summed E-state index contributed by atoms with van der Waals surface area (Å²) in [6.07, 6.45) is 4.08. The molecular weight excluding hydrogens is 346 g/mol. The summed E-state index contributed by atoms with van der Waals surface area (Å²) in [5.74, 6) is 1.03. The molecule has 0 aliphatic carbocycles. The Hall–Kier alpha value is -3.47. The molecule has 11 heteroatoms. The van der Waals surface area contributed by atoms with Crippen LogP contribution in [0.5, 0.6) is 5.75 Å². The van der Waals surface area contributed by atoms with Crippen molar-refractivity contribution in [2.45, 2.75) is 6.73 Å². The van der Waals surface area contributed by atoms with Gasteiger partial charge < -0.3 is 10.5 Å². The molecule has 0 saturated carbocycles. The zero-order chi connectivity index (χ0) is 17.6. The van der Waals surface area contributed by atoms with Crippen LogP contribution in [0.25, 0.3) is 0 Å². The number of nitro groups is 1. The zero-order valence-corrected chi connectivity index (χ0v) is 13.6. The molecule has 0 atom stereocenters. The highest BCUT2D eigenvalue weighted by Crippen LogP contribution is 2.17. The van der Waals surface area contributed by atoms with Gasteiger partial charge in [0.1, 0.15) is 24.0 Å². The molecule has 0 amide bonds. The normalized spacial score (nSPS) is 10.9. The van der Waals surface area contributed by atoms with E-state index in [0.29, 0.717) is 16.7 Å². The molecule has 10 nitrogen and oxygen atoms in total. The molecule has 0 aliphatic heterocycles. The molecule has 0 fully saturated rings. The fourth-order valence-corrected chi connectivity index (χ4v) is 2.39. The number of nitrogen functional groups attached to an aromatic ring is 1. The lowest BCUT2D eigenvalue weighted by Crippen LogP contribution is -2.05. The second-order valence-electron chi connectivity index (χ2n) is 4.79. The van der Waals surface area contributed by atoms with Crippen LogP contribution in [0.1, 0.15) is 5.56 Å². The van der Waals surface area contributed by atoms with E-state index in [0.717, 1.165) is 5.56 Å². The van der Waals surface area contributed by atoms with E-state index in [9.17, 15) is 10.1 Å². The molecule has 3 rings (SSSR count). The summed E-state index contributed by atoms with van der Waals surface area (Å²) in [5.41, 5.74) is 9.03. The maximum absolute atomic E-state index is 10.6. The molecular formula is C14H13N7O3S. The zero-order valence-electron chi connectivity index (χ0n) is 12.8. The summed E-state index contributed by atoms with van der Waals surface area (Å²) < 4.78 is 6.90. The summed E-state index contributed by atoms with van der Waals surface area (Å²) in [7, 11) is 0. The predicted octanol–water partition coefficient (Wildman–Crippen LogP) is 2.31. The van der Waals surface area contributed by atoms with Gasteiger partial charge in [-0.15, -0.1) is 11.3 Å². The van der Waals surface area contributed by atoms with Gasteiger partial charge in [-0.3, -0.25) is 15.5 Å². The first-order valence-corrected chi connectivity index (χ1v) is 7.88. The monoisotopic (exact) mass is 359 g/mol.